The van der Waals surface area contributed by atoms with E-state index >= 15 is 0 Å². The van der Waals surface area contributed by atoms with Gasteiger partial charge in [-0.2, -0.15) is 0 Å². The number of amides is 4. The average molecular weight is 539 g/mol. The van der Waals surface area contributed by atoms with E-state index in [1.165, 1.54) is 17.4 Å². The van der Waals surface area contributed by atoms with Gasteiger partial charge in [-0.1, -0.05) is 36.9 Å². The van der Waals surface area contributed by atoms with Crippen LogP contribution >= 0.6 is 11.3 Å². The van der Waals surface area contributed by atoms with Gasteiger partial charge in [-0.05, 0) is 50.0 Å². The first-order valence-electron chi connectivity index (χ1n) is 12.8. The number of rotatable bonds is 6. The first-order chi connectivity index (χ1) is 19.0. The molecule has 1 aromatic carbocycles. The smallest absolute Gasteiger partial charge is 0.331 e. The van der Waals surface area contributed by atoms with E-state index in [1.54, 1.807) is 29.4 Å². The van der Waals surface area contributed by atoms with Gasteiger partial charge in [-0.3, -0.25) is 19.5 Å². The molecule has 3 aromatic heterocycles. The predicted molar refractivity (Wildman–Crippen MR) is 152 cm³/mol. The zero-order valence-electron chi connectivity index (χ0n) is 21.0. The van der Waals surface area contributed by atoms with Crippen molar-refractivity contribution in [2.75, 3.05) is 10.2 Å². The van der Waals surface area contributed by atoms with Crippen molar-refractivity contribution in [1.29, 1.82) is 0 Å². The molecule has 9 nitrogen and oxygen atoms in total. The SMILES string of the molecule is C=CC(=O)N[C@@H]1CCCC(NC(=O)c2sc3nccc4c3c2NC(=O)N4c2ccnc(-c3ccccc3)c2)C1. The van der Waals surface area contributed by atoms with Gasteiger partial charge >= 0.3 is 6.03 Å². The third-order valence-corrected chi connectivity index (χ3v) is 8.16. The lowest BCUT2D eigenvalue weighted by molar-refractivity contribution is -0.117. The minimum Gasteiger partial charge on any atom is -0.350 e. The van der Waals surface area contributed by atoms with Crippen molar-refractivity contribution in [3.8, 4) is 11.3 Å². The maximum absolute atomic E-state index is 13.5. The summed E-state index contributed by atoms with van der Waals surface area (Å²) >= 11 is 1.25. The van der Waals surface area contributed by atoms with Crippen molar-refractivity contribution in [1.82, 2.24) is 20.6 Å². The molecule has 4 amide bonds. The van der Waals surface area contributed by atoms with E-state index < -0.39 is 0 Å². The molecular formula is C29H26N6O3S. The van der Waals surface area contributed by atoms with Crippen molar-refractivity contribution in [2.24, 2.45) is 0 Å². The number of hydrogen-bond acceptors (Lipinski definition) is 6. The standard InChI is InChI=1S/C29H26N6O3S/c1-2-23(36)32-18-9-6-10-19(15-18)33-27(37)26-25-24-22(12-14-31-28(24)39-26)35(29(38)34-25)20-11-13-30-21(16-20)17-7-4-3-5-8-17/h2-5,7-8,11-14,16,18-19H,1,6,9-10,15H2,(H,32,36)(H,33,37)(H,34,38)/t18-,19?/m1/s1. The summed E-state index contributed by atoms with van der Waals surface area (Å²) in [5.41, 5.74) is 3.48. The fraction of sp³-hybridized carbons (Fsp3) is 0.207. The summed E-state index contributed by atoms with van der Waals surface area (Å²) in [5.74, 6) is -0.472. The lowest BCUT2D eigenvalue weighted by Crippen LogP contribution is -2.45. The molecule has 1 saturated carbocycles. The molecule has 2 aliphatic rings. The lowest BCUT2D eigenvalue weighted by atomic mass is 9.91. The number of thiophene rings is 1. The monoisotopic (exact) mass is 538 g/mol. The summed E-state index contributed by atoms with van der Waals surface area (Å²) in [7, 11) is 0. The highest BCUT2D eigenvalue weighted by molar-refractivity contribution is 7.21. The predicted octanol–water partition coefficient (Wildman–Crippen LogP) is 5.39. The largest absolute Gasteiger partial charge is 0.350 e. The Labute approximate surface area is 229 Å². The molecule has 0 bridgehead atoms. The fourth-order valence-corrected chi connectivity index (χ4v) is 6.31. The molecule has 2 atom stereocenters. The number of nitrogens with zero attached hydrogens (tertiary/aromatic N) is 3. The first-order valence-corrected chi connectivity index (χ1v) is 13.6. The number of anilines is 3. The lowest BCUT2D eigenvalue weighted by Gasteiger charge is -2.30. The van der Waals surface area contributed by atoms with E-state index in [0.717, 1.165) is 35.9 Å². The van der Waals surface area contributed by atoms with Gasteiger partial charge in [0.2, 0.25) is 5.91 Å². The summed E-state index contributed by atoms with van der Waals surface area (Å²) in [4.78, 5) is 50.3. The number of hydrogen-bond donors (Lipinski definition) is 3. The number of aromatic nitrogens is 2. The molecule has 10 heteroatoms. The minimum absolute atomic E-state index is 0.0158. The molecule has 1 aliphatic carbocycles. The third-order valence-electron chi connectivity index (χ3n) is 7.06. The third kappa shape index (κ3) is 4.74. The number of pyridine rings is 2. The van der Waals surface area contributed by atoms with Crippen LogP contribution in [0.1, 0.15) is 35.4 Å². The van der Waals surface area contributed by atoms with Gasteiger partial charge in [0.1, 0.15) is 9.71 Å². The van der Waals surface area contributed by atoms with Gasteiger partial charge in [-0.25, -0.2) is 9.78 Å². The van der Waals surface area contributed by atoms with Crippen LogP contribution in [0.2, 0.25) is 0 Å². The van der Waals surface area contributed by atoms with Crippen LogP contribution < -0.4 is 20.9 Å². The topological polar surface area (TPSA) is 116 Å². The summed E-state index contributed by atoms with van der Waals surface area (Å²) < 4.78 is 0. The highest BCUT2D eigenvalue weighted by Crippen LogP contribution is 2.46. The van der Waals surface area contributed by atoms with Gasteiger partial charge < -0.3 is 16.0 Å². The van der Waals surface area contributed by atoms with Crippen LogP contribution in [0.15, 0.2) is 73.6 Å². The number of carbonyl (C=O) groups excluding carboxylic acids is 3. The van der Waals surface area contributed by atoms with Crippen LogP contribution in [0.5, 0.6) is 0 Å². The Morgan fingerprint density at radius 2 is 1.82 bits per heavy atom. The van der Waals surface area contributed by atoms with Gasteiger partial charge in [0.25, 0.3) is 5.91 Å². The number of benzene rings is 1. The van der Waals surface area contributed by atoms with Crippen molar-refractivity contribution in [3.05, 3.63) is 78.5 Å². The molecule has 0 spiro atoms. The van der Waals surface area contributed by atoms with Crippen molar-refractivity contribution in [3.63, 3.8) is 0 Å². The number of urea groups is 1. The molecule has 3 N–H and O–H groups in total. The Hall–Kier alpha value is -4.57. The summed E-state index contributed by atoms with van der Waals surface area (Å²) in [6.07, 6.45) is 7.80. The van der Waals surface area contributed by atoms with Crippen molar-refractivity contribution >= 4 is 56.5 Å². The summed E-state index contributed by atoms with van der Waals surface area (Å²) in [6.45, 7) is 3.51. The molecule has 0 saturated heterocycles. The first kappa shape index (κ1) is 24.7. The highest BCUT2D eigenvalue weighted by atomic mass is 32.1. The van der Waals surface area contributed by atoms with Gasteiger partial charge in [-0.15, -0.1) is 11.3 Å². The summed E-state index contributed by atoms with van der Waals surface area (Å²) in [5, 5.41) is 9.72. The highest BCUT2D eigenvalue weighted by Gasteiger charge is 2.34. The molecule has 4 heterocycles. The van der Waals surface area contributed by atoms with Crippen LogP contribution in [0.3, 0.4) is 0 Å². The Morgan fingerprint density at radius 1 is 1.05 bits per heavy atom. The van der Waals surface area contributed by atoms with Gasteiger partial charge in [0.05, 0.1) is 28.1 Å². The molecule has 196 valence electrons. The zero-order valence-corrected chi connectivity index (χ0v) is 21.8. The Balaban J connectivity index is 1.30. The van der Waals surface area contributed by atoms with Crippen LogP contribution in [0.4, 0.5) is 21.9 Å². The number of nitrogens with one attached hydrogen (secondary N) is 3. The van der Waals surface area contributed by atoms with Crippen LogP contribution in [0.25, 0.3) is 21.5 Å². The second-order valence-corrected chi connectivity index (χ2v) is 10.6. The Morgan fingerprint density at radius 3 is 2.62 bits per heavy atom. The molecule has 1 fully saturated rings. The Kier molecular flexibility index (Phi) is 6.54. The quantitative estimate of drug-likeness (QED) is 0.285. The fourth-order valence-electron chi connectivity index (χ4n) is 5.29. The van der Waals surface area contributed by atoms with Crippen LogP contribution in [0, 0.1) is 0 Å². The molecule has 0 radical (unpaired) electrons. The average Bonchev–Trinajstić information content (AvgIpc) is 3.33. The molecule has 1 unspecified atom stereocenters. The second kappa shape index (κ2) is 10.3. The number of carbonyl (C=O) groups is 3. The van der Waals surface area contributed by atoms with E-state index in [4.69, 9.17) is 0 Å². The van der Waals surface area contributed by atoms with Crippen LogP contribution in [-0.2, 0) is 4.79 Å². The Bertz CT molecular complexity index is 1600. The van der Waals surface area contributed by atoms with Crippen LogP contribution in [-0.4, -0.2) is 39.9 Å². The zero-order chi connectivity index (χ0) is 26.9. The molecule has 6 rings (SSSR count). The molecule has 39 heavy (non-hydrogen) atoms. The molecular weight excluding hydrogens is 512 g/mol. The summed E-state index contributed by atoms with van der Waals surface area (Å²) in [6, 6.07) is 14.7. The van der Waals surface area contributed by atoms with Crippen molar-refractivity contribution < 1.29 is 14.4 Å². The van der Waals surface area contributed by atoms with E-state index in [0.29, 0.717) is 33.2 Å². The van der Waals surface area contributed by atoms with Gasteiger partial charge in [0.15, 0.2) is 0 Å². The van der Waals surface area contributed by atoms with E-state index in [2.05, 4.69) is 32.5 Å². The normalized spacial score (nSPS) is 18.4. The van der Waals surface area contributed by atoms with E-state index in [-0.39, 0.29) is 29.9 Å². The molecule has 4 aromatic rings. The maximum atomic E-state index is 13.5. The second-order valence-electron chi connectivity index (χ2n) is 9.59. The van der Waals surface area contributed by atoms with Crippen molar-refractivity contribution in [2.45, 2.75) is 37.8 Å². The van der Waals surface area contributed by atoms with E-state index in [9.17, 15) is 14.4 Å². The van der Waals surface area contributed by atoms with Gasteiger partial charge in [0, 0.05) is 30.0 Å². The minimum atomic E-state index is -0.363. The molecule has 1 aliphatic heterocycles. The van der Waals surface area contributed by atoms with E-state index in [1.807, 2.05) is 36.4 Å². The maximum Gasteiger partial charge on any atom is 0.331 e.